The summed E-state index contributed by atoms with van der Waals surface area (Å²) in [6, 6.07) is 21.9. The third-order valence-corrected chi connectivity index (χ3v) is 6.43. The molecule has 0 bridgehead atoms. The third kappa shape index (κ3) is 5.51. The van der Waals surface area contributed by atoms with Gasteiger partial charge in [-0.1, -0.05) is 53.6 Å². The van der Waals surface area contributed by atoms with Gasteiger partial charge in [0.25, 0.3) is 5.91 Å². The summed E-state index contributed by atoms with van der Waals surface area (Å²) in [5.74, 6) is 1.24. The maximum atomic E-state index is 13.0. The summed E-state index contributed by atoms with van der Waals surface area (Å²) in [4.78, 5) is 20.0. The number of ether oxygens (including phenoxy) is 2. The van der Waals surface area contributed by atoms with E-state index in [4.69, 9.17) is 14.5 Å². The number of thioether (sulfide) groups is 1. The molecule has 0 atom stereocenters. The fourth-order valence-corrected chi connectivity index (χ4v) is 4.67. The Morgan fingerprint density at radius 1 is 0.971 bits per heavy atom. The first-order valence-corrected chi connectivity index (χ1v) is 12.0. The molecular formula is C28H28N2O3S. The zero-order valence-corrected chi connectivity index (χ0v) is 20.7. The number of amides is 1. The lowest BCUT2D eigenvalue weighted by molar-refractivity contribution is -0.122. The summed E-state index contributed by atoms with van der Waals surface area (Å²) < 4.78 is 11.6. The highest BCUT2D eigenvalue weighted by Crippen LogP contribution is 2.36. The molecule has 1 aliphatic rings. The zero-order chi connectivity index (χ0) is 24.1. The molecule has 0 aliphatic carbocycles. The smallest absolute Gasteiger partial charge is 0.266 e. The Morgan fingerprint density at radius 2 is 1.76 bits per heavy atom. The molecule has 4 rings (SSSR count). The molecule has 1 fully saturated rings. The van der Waals surface area contributed by atoms with Gasteiger partial charge in [-0.3, -0.25) is 9.69 Å². The van der Waals surface area contributed by atoms with Gasteiger partial charge in [-0.2, -0.15) is 0 Å². The maximum absolute atomic E-state index is 13.0. The molecule has 0 N–H and O–H groups in total. The van der Waals surface area contributed by atoms with Crippen LogP contribution in [0.2, 0.25) is 0 Å². The number of aryl methyl sites for hydroxylation is 2. The number of methoxy groups -OCH3 is 1. The number of hydrogen-bond donors (Lipinski definition) is 0. The largest absolute Gasteiger partial charge is 0.493 e. The fraction of sp³-hybridized carbons (Fsp3) is 0.214. The molecular weight excluding hydrogens is 444 g/mol. The van der Waals surface area contributed by atoms with Crippen molar-refractivity contribution in [2.75, 3.05) is 13.7 Å². The fourth-order valence-electron chi connectivity index (χ4n) is 3.61. The van der Waals surface area contributed by atoms with Crippen molar-refractivity contribution in [2.24, 2.45) is 4.99 Å². The number of carbonyl (C=O) groups excluding carboxylic acids is 1. The highest BCUT2D eigenvalue weighted by molar-refractivity contribution is 8.18. The summed E-state index contributed by atoms with van der Waals surface area (Å²) in [6.45, 7) is 7.07. The molecule has 174 valence electrons. The van der Waals surface area contributed by atoms with E-state index >= 15 is 0 Å². The number of amidine groups is 1. The van der Waals surface area contributed by atoms with Crippen molar-refractivity contribution in [3.05, 3.63) is 93.9 Å². The second kappa shape index (κ2) is 10.6. The van der Waals surface area contributed by atoms with Crippen LogP contribution in [0.1, 0.15) is 29.2 Å². The van der Waals surface area contributed by atoms with Gasteiger partial charge in [0, 0.05) is 6.54 Å². The van der Waals surface area contributed by atoms with E-state index in [1.54, 1.807) is 12.0 Å². The van der Waals surface area contributed by atoms with Crippen LogP contribution in [0.5, 0.6) is 11.5 Å². The van der Waals surface area contributed by atoms with Crippen molar-refractivity contribution in [2.45, 2.75) is 27.4 Å². The van der Waals surface area contributed by atoms with Crippen LogP contribution in [0.4, 0.5) is 5.69 Å². The Kier molecular flexibility index (Phi) is 7.38. The molecule has 1 heterocycles. The van der Waals surface area contributed by atoms with Crippen molar-refractivity contribution in [1.29, 1.82) is 0 Å². The summed E-state index contributed by atoms with van der Waals surface area (Å²) in [7, 11) is 1.62. The van der Waals surface area contributed by atoms with Crippen molar-refractivity contribution < 1.29 is 14.3 Å². The first-order chi connectivity index (χ1) is 16.5. The number of nitrogens with zero attached hydrogens (tertiary/aromatic N) is 2. The highest BCUT2D eigenvalue weighted by Gasteiger charge is 2.32. The van der Waals surface area contributed by atoms with Gasteiger partial charge in [-0.15, -0.1) is 0 Å². The Morgan fingerprint density at radius 3 is 2.47 bits per heavy atom. The van der Waals surface area contributed by atoms with Crippen LogP contribution in [0.15, 0.2) is 76.6 Å². The third-order valence-electron chi connectivity index (χ3n) is 5.43. The maximum Gasteiger partial charge on any atom is 0.266 e. The van der Waals surface area contributed by atoms with Crippen molar-refractivity contribution in [1.82, 2.24) is 4.90 Å². The molecule has 0 unspecified atom stereocenters. The summed E-state index contributed by atoms with van der Waals surface area (Å²) >= 11 is 1.39. The van der Waals surface area contributed by atoms with E-state index < -0.39 is 0 Å². The SMILES string of the molecule is CCN1C(=O)/C(=C\c2ccc(OCc3cccc(C)c3)c(OC)c2)SC1=Nc1ccc(C)cc1. The Labute approximate surface area is 205 Å². The van der Waals surface area contributed by atoms with Crippen molar-refractivity contribution in [3.63, 3.8) is 0 Å². The van der Waals surface area contributed by atoms with Gasteiger partial charge in [-0.25, -0.2) is 4.99 Å². The van der Waals surface area contributed by atoms with E-state index in [9.17, 15) is 4.79 Å². The van der Waals surface area contributed by atoms with Gasteiger partial charge in [0.2, 0.25) is 0 Å². The number of carbonyl (C=O) groups is 1. The van der Waals surface area contributed by atoms with E-state index in [0.717, 1.165) is 16.8 Å². The minimum Gasteiger partial charge on any atom is -0.493 e. The van der Waals surface area contributed by atoms with E-state index in [0.29, 0.717) is 34.7 Å². The van der Waals surface area contributed by atoms with Gasteiger partial charge < -0.3 is 9.47 Å². The molecule has 5 nitrogen and oxygen atoms in total. The molecule has 1 aliphatic heterocycles. The molecule has 3 aromatic rings. The topological polar surface area (TPSA) is 51.1 Å². The Bertz CT molecular complexity index is 1250. The number of rotatable bonds is 7. The Balaban J connectivity index is 1.54. The molecule has 0 radical (unpaired) electrons. The molecule has 3 aromatic carbocycles. The predicted molar refractivity (Wildman–Crippen MR) is 140 cm³/mol. The molecule has 6 heteroatoms. The van der Waals surface area contributed by atoms with Gasteiger partial charge in [0.1, 0.15) is 6.61 Å². The predicted octanol–water partition coefficient (Wildman–Crippen LogP) is 6.51. The second-order valence-corrected chi connectivity index (χ2v) is 9.09. The lowest BCUT2D eigenvalue weighted by Crippen LogP contribution is -2.28. The van der Waals surface area contributed by atoms with E-state index in [1.807, 2.05) is 74.5 Å². The number of likely N-dealkylation sites (N-methyl/N-ethyl adjacent to an activating group) is 1. The van der Waals surface area contributed by atoms with Crippen LogP contribution >= 0.6 is 11.8 Å². The van der Waals surface area contributed by atoms with Crippen LogP contribution in [0.25, 0.3) is 6.08 Å². The average molecular weight is 473 g/mol. The van der Waals surface area contributed by atoms with Crippen LogP contribution in [-0.2, 0) is 11.4 Å². The summed E-state index contributed by atoms with van der Waals surface area (Å²) in [5, 5.41) is 0.688. The van der Waals surface area contributed by atoms with Gasteiger partial charge in [0.15, 0.2) is 16.7 Å². The minimum atomic E-state index is -0.0443. The van der Waals surface area contributed by atoms with Gasteiger partial charge in [-0.05, 0) is 74.0 Å². The lowest BCUT2D eigenvalue weighted by Gasteiger charge is -2.12. The standard InChI is InChI=1S/C28H28N2O3S/c1-5-30-27(31)26(34-28(30)29-23-12-9-19(2)10-13-23)17-21-11-14-24(25(16-21)32-4)33-18-22-8-6-7-20(3)15-22/h6-17H,5,18H2,1-4H3/b26-17+,29-28?. The second-order valence-electron chi connectivity index (χ2n) is 8.08. The van der Waals surface area contributed by atoms with E-state index in [1.165, 1.54) is 22.9 Å². The first-order valence-electron chi connectivity index (χ1n) is 11.2. The van der Waals surface area contributed by atoms with Crippen LogP contribution < -0.4 is 9.47 Å². The van der Waals surface area contributed by atoms with Crippen molar-refractivity contribution in [3.8, 4) is 11.5 Å². The molecule has 1 saturated heterocycles. The van der Waals surface area contributed by atoms with Crippen LogP contribution in [0, 0.1) is 13.8 Å². The van der Waals surface area contributed by atoms with Gasteiger partial charge in [0.05, 0.1) is 17.7 Å². The number of hydrogen-bond acceptors (Lipinski definition) is 5. The highest BCUT2D eigenvalue weighted by atomic mass is 32.2. The van der Waals surface area contributed by atoms with Crippen LogP contribution in [0.3, 0.4) is 0 Å². The normalized spacial score (nSPS) is 15.9. The van der Waals surface area contributed by atoms with Crippen LogP contribution in [-0.4, -0.2) is 29.6 Å². The van der Waals surface area contributed by atoms with Crippen molar-refractivity contribution >= 4 is 34.6 Å². The number of aliphatic imine (C=N–C) groups is 1. The molecule has 0 aromatic heterocycles. The molecule has 1 amide bonds. The first kappa shape index (κ1) is 23.6. The monoisotopic (exact) mass is 472 g/mol. The van der Waals surface area contributed by atoms with Gasteiger partial charge >= 0.3 is 0 Å². The minimum absolute atomic E-state index is 0.0443. The number of benzene rings is 3. The summed E-state index contributed by atoms with van der Waals surface area (Å²) in [5.41, 5.74) is 5.16. The Hall–Kier alpha value is -3.51. The van der Waals surface area contributed by atoms with E-state index in [2.05, 4.69) is 19.1 Å². The zero-order valence-electron chi connectivity index (χ0n) is 19.9. The average Bonchev–Trinajstić information content (AvgIpc) is 3.13. The lowest BCUT2D eigenvalue weighted by atomic mass is 10.1. The quantitative estimate of drug-likeness (QED) is 0.368. The van der Waals surface area contributed by atoms with E-state index in [-0.39, 0.29) is 5.91 Å². The molecule has 0 saturated carbocycles. The summed E-state index contributed by atoms with van der Waals surface area (Å²) in [6.07, 6.45) is 1.88. The molecule has 0 spiro atoms. The molecule has 34 heavy (non-hydrogen) atoms.